The molecular weight excluding hydrogens is 412 g/mol. The SMILES string of the molecule is CCn1c(-c2ccncc2)nc2c(N3CCCCC3)nc(N/N=C/c3cccc(C)c3)nc21. The molecule has 0 amide bonds. The molecule has 0 bridgehead atoms. The monoisotopic (exact) mass is 440 g/mol. The molecule has 1 aliphatic rings. The number of pyridine rings is 1. The smallest absolute Gasteiger partial charge is 0.247 e. The third-order valence-electron chi connectivity index (χ3n) is 5.91. The first-order valence-corrected chi connectivity index (χ1v) is 11.5. The van der Waals surface area contributed by atoms with Crippen LogP contribution in [0.4, 0.5) is 11.8 Å². The predicted molar refractivity (Wildman–Crippen MR) is 133 cm³/mol. The maximum atomic E-state index is 5.01. The van der Waals surface area contributed by atoms with Crippen LogP contribution in [0.5, 0.6) is 0 Å². The molecule has 3 aromatic heterocycles. The van der Waals surface area contributed by atoms with Gasteiger partial charge in [0.05, 0.1) is 6.21 Å². The summed E-state index contributed by atoms with van der Waals surface area (Å²) < 4.78 is 2.13. The molecule has 4 aromatic rings. The first kappa shape index (κ1) is 21.1. The molecule has 8 nitrogen and oxygen atoms in total. The van der Waals surface area contributed by atoms with Crippen molar-refractivity contribution >= 4 is 29.1 Å². The number of fused-ring (bicyclic) bond motifs is 1. The average Bonchev–Trinajstić information content (AvgIpc) is 3.23. The van der Waals surface area contributed by atoms with E-state index in [-0.39, 0.29) is 0 Å². The highest BCUT2D eigenvalue weighted by Crippen LogP contribution is 2.31. The van der Waals surface area contributed by atoms with E-state index in [1.54, 1.807) is 18.6 Å². The molecule has 1 fully saturated rings. The largest absolute Gasteiger partial charge is 0.355 e. The van der Waals surface area contributed by atoms with Crippen molar-refractivity contribution < 1.29 is 0 Å². The number of imidazole rings is 1. The van der Waals surface area contributed by atoms with Gasteiger partial charge in [-0.05, 0) is 50.8 Å². The van der Waals surface area contributed by atoms with E-state index < -0.39 is 0 Å². The molecule has 8 heteroatoms. The molecule has 0 spiro atoms. The van der Waals surface area contributed by atoms with Crippen molar-refractivity contribution in [3.05, 3.63) is 59.9 Å². The van der Waals surface area contributed by atoms with Gasteiger partial charge in [0.15, 0.2) is 17.0 Å². The molecule has 0 saturated carbocycles. The highest BCUT2D eigenvalue weighted by molar-refractivity contribution is 5.88. The zero-order valence-electron chi connectivity index (χ0n) is 19.1. The topological polar surface area (TPSA) is 84.1 Å². The van der Waals surface area contributed by atoms with Crippen molar-refractivity contribution in [1.29, 1.82) is 0 Å². The van der Waals surface area contributed by atoms with Crippen molar-refractivity contribution in [2.45, 2.75) is 39.7 Å². The minimum atomic E-state index is 0.475. The second-order valence-corrected chi connectivity index (χ2v) is 8.29. The minimum absolute atomic E-state index is 0.475. The molecule has 1 saturated heterocycles. The summed E-state index contributed by atoms with van der Waals surface area (Å²) in [5, 5.41) is 4.41. The second-order valence-electron chi connectivity index (χ2n) is 8.29. The van der Waals surface area contributed by atoms with Crippen molar-refractivity contribution in [1.82, 2.24) is 24.5 Å². The van der Waals surface area contributed by atoms with Crippen LogP contribution < -0.4 is 10.3 Å². The Balaban J connectivity index is 1.58. The average molecular weight is 441 g/mol. The van der Waals surface area contributed by atoms with Gasteiger partial charge < -0.3 is 9.47 Å². The number of anilines is 2. The van der Waals surface area contributed by atoms with Crippen LogP contribution in [0.25, 0.3) is 22.6 Å². The quantitative estimate of drug-likeness (QED) is 0.347. The molecule has 168 valence electrons. The van der Waals surface area contributed by atoms with Gasteiger partial charge >= 0.3 is 0 Å². The van der Waals surface area contributed by atoms with Crippen LogP contribution in [-0.4, -0.2) is 43.8 Å². The summed E-state index contributed by atoms with van der Waals surface area (Å²) in [6, 6.07) is 12.2. The maximum Gasteiger partial charge on any atom is 0.247 e. The number of piperidine rings is 1. The molecule has 0 unspecified atom stereocenters. The normalized spacial score (nSPS) is 14.3. The van der Waals surface area contributed by atoms with Crippen LogP contribution in [0.1, 0.15) is 37.3 Å². The van der Waals surface area contributed by atoms with E-state index in [4.69, 9.17) is 15.0 Å². The summed E-state index contributed by atoms with van der Waals surface area (Å²) in [6.07, 6.45) is 8.94. The number of nitrogens with one attached hydrogen (secondary N) is 1. The fraction of sp³-hybridized carbons (Fsp3) is 0.320. The van der Waals surface area contributed by atoms with Crippen molar-refractivity contribution in [3.63, 3.8) is 0 Å². The van der Waals surface area contributed by atoms with Crippen molar-refractivity contribution in [3.8, 4) is 11.4 Å². The van der Waals surface area contributed by atoms with Gasteiger partial charge in [-0.25, -0.2) is 10.4 Å². The number of nitrogens with zero attached hydrogens (tertiary/aromatic N) is 7. The van der Waals surface area contributed by atoms with E-state index in [1.165, 1.54) is 12.0 Å². The third kappa shape index (κ3) is 4.41. The van der Waals surface area contributed by atoms with Gasteiger partial charge in [-0.2, -0.15) is 15.1 Å². The zero-order valence-corrected chi connectivity index (χ0v) is 19.1. The van der Waals surface area contributed by atoms with Crippen LogP contribution in [0.15, 0.2) is 53.9 Å². The molecule has 0 atom stereocenters. The number of aromatic nitrogens is 5. The highest BCUT2D eigenvalue weighted by atomic mass is 15.4. The Kier molecular flexibility index (Phi) is 5.97. The lowest BCUT2D eigenvalue weighted by Gasteiger charge is -2.27. The summed E-state index contributed by atoms with van der Waals surface area (Å²) in [5.74, 6) is 2.22. The molecule has 0 aliphatic carbocycles. The lowest BCUT2D eigenvalue weighted by molar-refractivity contribution is 0.574. The molecule has 1 aromatic carbocycles. The Bertz CT molecular complexity index is 1270. The van der Waals surface area contributed by atoms with Crippen LogP contribution in [0.2, 0.25) is 0 Å². The molecule has 1 N–H and O–H groups in total. The first-order valence-electron chi connectivity index (χ1n) is 11.5. The summed E-state index contributed by atoms with van der Waals surface area (Å²) >= 11 is 0. The fourth-order valence-corrected chi connectivity index (χ4v) is 4.30. The molecule has 1 aliphatic heterocycles. The van der Waals surface area contributed by atoms with Gasteiger partial charge in [0.25, 0.3) is 0 Å². The third-order valence-corrected chi connectivity index (χ3v) is 5.91. The molecule has 5 rings (SSSR count). The summed E-state index contributed by atoms with van der Waals surface area (Å²) in [6.45, 7) is 6.87. The predicted octanol–water partition coefficient (Wildman–Crippen LogP) is 4.65. The Morgan fingerprint density at radius 2 is 1.85 bits per heavy atom. The number of aryl methyl sites for hydroxylation is 2. The summed E-state index contributed by atoms with van der Waals surface area (Å²) in [4.78, 5) is 21.2. The Morgan fingerprint density at radius 1 is 1.03 bits per heavy atom. The number of hydrazone groups is 1. The number of hydrogen-bond donors (Lipinski definition) is 1. The highest BCUT2D eigenvalue weighted by Gasteiger charge is 2.23. The van der Waals surface area contributed by atoms with Crippen molar-refractivity contribution in [2.75, 3.05) is 23.4 Å². The van der Waals surface area contributed by atoms with Crippen LogP contribution in [-0.2, 0) is 6.54 Å². The van der Waals surface area contributed by atoms with Gasteiger partial charge in [0.2, 0.25) is 5.95 Å². The Labute approximate surface area is 193 Å². The second kappa shape index (κ2) is 9.36. The van der Waals surface area contributed by atoms with Crippen LogP contribution in [0, 0.1) is 6.92 Å². The van der Waals surface area contributed by atoms with Crippen molar-refractivity contribution in [2.24, 2.45) is 5.10 Å². The molecule has 33 heavy (non-hydrogen) atoms. The van der Waals surface area contributed by atoms with Gasteiger partial charge in [-0.15, -0.1) is 0 Å². The molecule has 4 heterocycles. The molecular formula is C25H28N8. The van der Waals surface area contributed by atoms with E-state index in [9.17, 15) is 0 Å². The fourth-order valence-electron chi connectivity index (χ4n) is 4.30. The van der Waals surface area contributed by atoms with Crippen LogP contribution >= 0.6 is 0 Å². The van der Waals surface area contributed by atoms with E-state index >= 15 is 0 Å². The first-order chi connectivity index (χ1) is 16.2. The standard InChI is InChI=1S/C25H28N8/c1-3-33-22(20-10-12-26-13-11-20)28-21-23(32-14-5-4-6-15-32)29-25(30-24(21)33)31-27-17-19-9-7-8-18(2)16-19/h7-13,16-17H,3-6,14-15H2,1-2H3,(H,29,30,31)/b27-17+. The number of benzene rings is 1. The number of rotatable bonds is 6. The van der Waals surface area contributed by atoms with Gasteiger partial charge in [0.1, 0.15) is 5.82 Å². The lowest BCUT2D eigenvalue weighted by Crippen LogP contribution is -2.30. The van der Waals surface area contributed by atoms with E-state index in [2.05, 4.69) is 51.0 Å². The van der Waals surface area contributed by atoms with E-state index in [0.717, 1.165) is 66.4 Å². The molecule has 0 radical (unpaired) electrons. The number of hydrogen-bond acceptors (Lipinski definition) is 7. The lowest BCUT2D eigenvalue weighted by atomic mass is 10.1. The van der Waals surface area contributed by atoms with E-state index in [1.807, 2.05) is 24.3 Å². The van der Waals surface area contributed by atoms with Crippen LogP contribution in [0.3, 0.4) is 0 Å². The Hall–Kier alpha value is -3.81. The van der Waals surface area contributed by atoms with Gasteiger partial charge in [-0.1, -0.05) is 29.8 Å². The zero-order chi connectivity index (χ0) is 22.6. The van der Waals surface area contributed by atoms with Gasteiger partial charge in [-0.3, -0.25) is 4.98 Å². The van der Waals surface area contributed by atoms with E-state index in [0.29, 0.717) is 5.95 Å². The maximum absolute atomic E-state index is 5.01. The Morgan fingerprint density at radius 3 is 2.61 bits per heavy atom. The summed E-state index contributed by atoms with van der Waals surface area (Å²) in [7, 11) is 0. The summed E-state index contributed by atoms with van der Waals surface area (Å²) in [5.41, 5.74) is 7.93. The minimum Gasteiger partial charge on any atom is -0.355 e. The van der Waals surface area contributed by atoms with Gasteiger partial charge in [0, 0.05) is 37.6 Å².